The number of piperidine rings is 1. The van der Waals surface area contributed by atoms with E-state index in [1.54, 1.807) is 12.1 Å². The molecule has 8 N–H and O–H groups in total. The molecule has 2 aliphatic heterocycles. The van der Waals surface area contributed by atoms with Crippen LogP contribution < -0.4 is 26.8 Å². The third-order valence-corrected chi connectivity index (χ3v) is 8.88. The molecule has 3 atom stereocenters. The summed E-state index contributed by atoms with van der Waals surface area (Å²) in [4.78, 5) is 48.7. The van der Waals surface area contributed by atoms with Crippen LogP contribution in [0.4, 0.5) is 18.3 Å². The minimum absolute atomic E-state index is 0.0349. The van der Waals surface area contributed by atoms with Gasteiger partial charge in [0, 0.05) is 5.56 Å². The largest absolute Gasteiger partial charge is 0.489 e. The van der Waals surface area contributed by atoms with Crippen molar-refractivity contribution in [2.24, 2.45) is 15.9 Å². The zero-order valence-corrected chi connectivity index (χ0v) is 25.9. The maximum atomic E-state index is 13.8. The Morgan fingerprint density at radius 2 is 1.89 bits per heavy atom. The molecule has 1 unspecified atom stereocenters. The minimum Gasteiger partial charge on any atom is -0.489 e. The van der Waals surface area contributed by atoms with E-state index in [-0.39, 0.29) is 27.4 Å². The molecule has 1 aromatic carbocycles. The van der Waals surface area contributed by atoms with Crippen molar-refractivity contribution in [2.45, 2.75) is 50.2 Å². The molecule has 4 rings (SSSR count). The second kappa shape index (κ2) is 14.1. The van der Waals surface area contributed by atoms with Crippen molar-refractivity contribution in [2.75, 3.05) is 25.4 Å². The van der Waals surface area contributed by atoms with Crippen LogP contribution in [0.25, 0.3) is 0 Å². The fraction of sp³-hybridized carbons (Fsp3) is 0.440. The fourth-order valence-electron chi connectivity index (χ4n) is 4.56. The molecule has 2 fully saturated rings. The number of hydrogen-bond acceptors (Lipinski definition) is 13. The molecule has 2 amide bonds. The number of carbonyl (C=O) groups excluding carboxylic acids is 2. The van der Waals surface area contributed by atoms with Crippen LogP contribution in [0, 0.1) is 0 Å². The summed E-state index contributed by atoms with van der Waals surface area (Å²) in [7, 11) is -4.99. The SMILES string of the molecule is C[C@H]1[C@H](NC(=O)C(=NOC(COc2ccc(C(N)=NC3CCNCC3)cc2)C(=O)O)c2nc(N)sc2C(F)(F)F)C(=O)N1S(=O)(=O)O. The number of aliphatic carboxylic acids is 1. The van der Waals surface area contributed by atoms with E-state index in [2.05, 4.69) is 20.4 Å². The topological polar surface area (TPSA) is 261 Å². The van der Waals surface area contributed by atoms with Crippen LogP contribution in [0.15, 0.2) is 34.4 Å². The van der Waals surface area contributed by atoms with Crippen molar-refractivity contribution >= 4 is 56.1 Å². The second-order valence-electron chi connectivity index (χ2n) is 10.2. The van der Waals surface area contributed by atoms with Gasteiger partial charge in [0.05, 0.1) is 12.1 Å². The Balaban J connectivity index is 1.52. The van der Waals surface area contributed by atoms with E-state index in [0.29, 0.717) is 11.4 Å². The van der Waals surface area contributed by atoms with Gasteiger partial charge in [0.2, 0.25) is 0 Å². The molecule has 256 valence electrons. The average Bonchev–Trinajstić information content (AvgIpc) is 3.39. The van der Waals surface area contributed by atoms with Gasteiger partial charge in [-0.25, -0.2) is 14.1 Å². The lowest BCUT2D eigenvalue weighted by molar-refractivity contribution is -0.152. The van der Waals surface area contributed by atoms with Crippen LogP contribution >= 0.6 is 11.3 Å². The molecule has 2 aromatic rings. The van der Waals surface area contributed by atoms with Gasteiger partial charge in [-0.1, -0.05) is 16.5 Å². The Morgan fingerprint density at radius 1 is 1.26 bits per heavy atom. The first-order valence-corrected chi connectivity index (χ1v) is 15.9. The number of alkyl halides is 3. The molecule has 17 nitrogen and oxygen atoms in total. The number of nitrogen functional groups attached to an aromatic ring is 1. The Bertz CT molecular complexity index is 1680. The molecule has 47 heavy (non-hydrogen) atoms. The summed E-state index contributed by atoms with van der Waals surface area (Å²) in [5.41, 5.74) is 9.77. The number of nitrogens with two attached hydrogens (primary N) is 2. The molecule has 0 saturated carbocycles. The smallest absolute Gasteiger partial charge is 0.427 e. The van der Waals surface area contributed by atoms with Crippen molar-refractivity contribution in [3.63, 3.8) is 0 Å². The number of aromatic nitrogens is 1. The van der Waals surface area contributed by atoms with Crippen LogP contribution in [0.1, 0.15) is 35.9 Å². The summed E-state index contributed by atoms with van der Waals surface area (Å²) in [6.07, 6.45) is -5.41. The van der Waals surface area contributed by atoms with Gasteiger partial charge in [0.1, 0.15) is 34.8 Å². The van der Waals surface area contributed by atoms with Crippen molar-refractivity contribution in [1.82, 2.24) is 19.9 Å². The maximum absolute atomic E-state index is 13.8. The fourth-order valence-corrected chi connectivity index (χ4v) is 6.14. The van der Waals surface area contributed by atoms with Crippen LogP contribution in [0.3, 0.4) is 0 Å². The molecule has 0 radical (unpaired) electrons. The number of nitrogens with one attached hydrogen (secondary N) is 2. The number of β-lactam (4-membered cyclic amide) rings is 1. The van der Waals surface area contributed by atoms with Gasteiger partial charge in [-0.15, -0.1) is 0 Å². The Labute approximate surface area is 268 Å². The number of anilines is 1. The molecule has 0 aliphatic carbocycles. The average molecular weight is 707 g/mol. The highest BCUT2D eigenvalue weighted by molar-refractivity contribution is 7.84. The number of carboxylic acids is 1. The van der Waals surface area contributed by atoms with E-state index in [1.165, 1.54) is 12.1 Å². The van der Waals surface area contributed by atoms with Crippen molar-refractivity contribution in [3.8, 4) is 5.75 Å². The number of oxime groups is 1. The standard InChI is InChI=1S/C25H29F3N8O9S2/c1-11-16(22(38)36(11)47(41,42)43)33-21(37)18(17-19(25(26,27)28)46-24(30)34-17)35-45-15(23(39)40)10-44-14-4-2-12(3-5-14)20(29)32-13-6-8-31-9-7-13/h2-5,11,13,15-16,31H,6-10H2,1H3,(H2,29,32)(H2,30,34)(H,33,37)(H,39,40)(H,41,42,43)/t11-,15?,16-/m0/s1. The van der Waals surface area contributed by atoms with E-state index in [4.69, 9.17) is 25.6 Å². The zero-order valence-electron chi connectivity index (χ0n) is 24.3. The number of hydrogen-bond donors (Lipinski definition) is 6. The molecule has 0 spiro atoms. The molecular formula is C25H29F3N8O9S2. The van der Waals surface area contributed by atoms with E-state index in [0.717, 1.165) is 32.9 Å². The molecule has 1 aromatic heterocycles. The molecular weight excluding hydrogens is 677 g/mol. The summed E-state index contributed by atoms with van der Waals surface area (Å²) in [5.74, 6) is -4.04. The van der Waals surface area contributed by atoms with Gasteiger partial charge in [-0.3, -0.25) is 19.1 Å². The maximum Gasteiger partial charge on any atom is 0.427 e. The van der Waals surface area contributed by atoms with Crippen LogP contribution in [-0.4, -0.2) is 101 Å². The summed E-state index contributed by atoms with van der Waals surface area (Å²) < 4.78 is 78.7. The highest BCUT2D eigenvalue weighted by Crippen LogP contribution is 2.38. The lowest BCUT2D eigenvalue weighted by atomic mass is 10.0. The lowest BCUT2D eigenvalue weighted by Gasteiger charge is -2.42. The van der Waals surface area contributed by atoms with Crippen LogP contribution in [0.2, 0.25) is 0 Å². The first-order valence-electron chi connectivity index (χ1n) is 13.7. The number of nitrogens with zero attached hydrogens (tertiary/aromatic N) is 4. The quantitative estimate of drug-likeness (QED) is 0.0558. The van der Waals surface area contributed by atoms with Gasteiger partial charge in [-0.05, 0) is 57.1 Å². The van der Waals surface area contributed by atoms with Gasteiger partial charge in [0.25, 0.3) is 17.9 Å². The molecule has 3 heterocycles. The monoisotopic (exact) mass is 706 g/mol. The van der Waals surface area contributed by atoms with Gasteiger partial charge in [0.15, 0.2) is 10.8 Å². The third kappa shape index (κ3) is 8.44. The molecule has 2 saturated heterocycles. The van der Waals surface area contributed by atoms with Gasteiger partial charge >= 0.3 is 22.4 Å². The van der Waals surface area contributed by atoms with Crippen molar-refractivity contribution in [1.29, 1.82) is 0 Å². The van der Waals surface area contributed by atoms with E-state index < -0.39 is 80.5 Å². The van der Waals surface area contributed by atoms with Crippen LogP contribution in [0.5, 0.6) is 5.75 Å². The number of rotatable bonds is 12. The summed E-state index contributed by atoms with van der Waals surface area (Å²) >= 11 is -0.0522. The first kappa shape index (κ1) is 35.3. The predicted molar refractivity (Wildman–Crippen MR) is 159 cm³/mol. The predicted octanol–water partition coefficient (Wildman–Crippen LogP) is -0.0274. The molecule has 2 aliphatic rings. The van der Waals surface area contributed by atoms with E-state index in [9.17, 15) is 41.1 Å². The number of ether oxygens (including phenoxy) is 1. The number of carbonyl (C=O) groups is 3. The second-order valence-corrected chi connectivity index (χ2v) is 12.6. The number of amides is 2. The van der Waals surface area contributed by atoms with Gasteiger partial charge < -0.3 is 36.8 Å². The molecule has 22 heteroatoms. The number of amidine groups is 1. The van der Waals surface area contributed by atoms with E-state index >= 15 is 0 Å². The Hall–Kier alpha value is -4.54. The third-order valence-electron chi connectivity index (χ3n) is 6.94. The summed E-state index contributed by atoms with van der Waals surface area (Å²) in [6, 6.07) is 3.23. The zero-order chi connectivity index (χ0) is 34.7. The number of benzene rings is 1. The normalized spacial score (nSPS) is 20.4. The Morgan fingerprint density at radius 3 is 2.45 bits per heavy atom. The van der Waals surface area contributed by atoms with Crippen LogP contribution in [-0.2, 0) is 35.7 Å². The molecule has 0 bridgehead atoms. The van der Waals surface area contributed by atoms with Crippen molar-refractivity contribution in [3.05, 3.63) is 40.4 Å². The van der Waals surface area contributed by atoms with Gasteiger partial charge in [-0.2, -0.15) is 21.6 Å². The number of thiazole rings is 1. The highest BCUT2D eigenvalue weighted by Gasteiger charge is 2.52. The first-order chi connectivity index (χ1) is 22.0. The number of carboxylic acid groups (broad SMARTS) is 1. The summed E-state index contributed by atoms with van der Waals surface area (Å²) in [5, 5.41) is 17.6. The van der Waals surface area contributed by atoms with Crippen molar-refractivity contribution < 1.29 is 55.2 Å². The number of halogens is 3. The highest BCUT2D eigenvalue weighted by atomic mass is 32.2. The lowest BCUT2D eigenvalue weighted by Crippen LogP contribution is -2.71. The number of aliphatic imine (C=N–C) groups is 1. The summed E-state index contributed by atoms with van der Waals surface area (Å²) in [6.45, 7) is 2.04. The Kier molecular flexibility index (Phi) is 10.6. The minimum atomic E-state index is -5.10. The van der Waals surface area contributed by atoms with E-state index in [1.807, 2.05) is 5.32 Å².